The first-order valence-electron chi connectivity index (χ1n) is 7.66. The molecule has 3 aromatic rings. The highest BCUT2D eigenvalue weighted by Crippen LogP contribution is 2.23. The van der Waals surface area contributed by atoms with Crippen molar-refractivity contribution >= 4 is 17.5 Å². The summed E-state index contributed by atoms with van der Waals surface area (Å²) in [5, 5.41) is 3.74. The molecule has 3 nitrogen and oxygen atoms in total. The zero-order valence-corrected chi connectivity index (χ0v) is 14.0. The number of benzene rings is 2. The maximum Gasteiger partial charge on any atom is 0.252 e. The number of halogens is 1. The maximum atomic E-state index is 12.6. The van der Waals surface area contributed by atoms with Gasteiger partial charge in [0.15, 0.2) is 0 Å². The number of rotatable bonds is 4. The van der Waals surface area contributed by atoms with Crippen LogP contribution in [0.25, 0.3) is 0 Å². The van der Waals surface area contributed by atoms with E-state index in [4.69, 9.17) is 11.6 Å². The largest absolute Gasteiger partial charge is 0.341 e. The van der Waals surface area contributed by atoms with Crippen LogP contribution in [0, 0.1) is 6.92 Å². The number of nitrogens with one attached hydrogen (secondary N) is 1. The van der Waals surface area contributed by atoms with Gasteiger partial charge in [-0.2, -0.15) is 0 Å². The summed E-state index contributed by atoms with van der Waals surface area (Å²) in [7, 11) is 0. The Morgan fingerprint density at radius 2 is 1.71 bits per heavy atom. The van der Waals surface area contributed by atoms with Crippen molar-refractivity contribution in [2.75, 3.05) is 0 Å². The molecule has 0 saturated carbocycles. The van der Waals surface area contributed by atoms with Gasteiger partial charge in [-0.3, -0.25) is 9.78 Å². The molecule has 120 valence electrons. The molecule has 3 rings (SSSR count). The van der Waals surface area contributed by atoms with Gasteiger partial charge in [-0.25, -0.2) is 0 Å². The number of aromatic nitrogens is 1. The van der Waals surface area contributed by atoms with E-state index in [1.54, 1.807) is 12.4 Å². The SMILES string of the molecule is Cc1ccc(C(=O)N[C@H](c2ccc(Cl)cc2)c2cccnc2)cc1. The Hall–Kier alpha value is -2.65. The molecule has 0 spiro atoms. The number of carbonyl (C=O) groups is 1. The Morgan fingerprint density at radius 3 is 2.33 bits per heavy atom. The van der Waals surface area contributed by atoms with Crippen LogP contribution in [0.5, 0.6) is 0 Å². The van der Waals surface area contributed by atoms with Crippen LogP contribution in [-0.2, 0) is 0 Å². The molecule has 24 heavy (non-hydrogen) atoms. The summed E-state index contributed by atoms with van der Waals surface area (Å²) in [6.45, 7) is 1.99. The van der Waals surface area contributed by atoms with Gasteiger partial charge in [0.25, 0.3) is 5.91 Å². The molecule has 0 aliphatic heterocycles. The molecule has 0 fully saturated rings. The van der Waals surface area contributed by atoms with Crippen LogP contribution in [0.2, 0.25) is 5.02 Å². The quantitative estimate of drug-likeness (QED) is 0.758. The van der Waals surface area contributed by atoms with Gasteiger partial charge in [0.1, 0.15) is 0 Å². The van der Waals surface area contributed by atoms with Crippen molar-refractivity contribution in [2.45, 2.75) is 13.0 Å². The van der Waals surface area contributed by atoms with Crippen LogP contribution in [-0.4, -0.2) is 10.9 Å². The van der Waals surface area contributed by atoms with Crippen LogP contribution in [0.4, 0.5) is 0 Å². The van der Waals surface area contributed by atoms with Crippen LogP contribution < -0.4 is 5.32 Å². The molecular formula is C20H17ClN2O. The molecule has 2 aromatic carbocycles. The number of nitrogens with zero attached hydrogens (tertiary/aromatic N) is 1. The third-order valence-electron chi connectivity index (χ3n) is 3.81. The van der Waals surface area contributed by atoms with Crippen LogP contribution in [0.1, 0.15) is 33.1 Å². The fourth-order valence-corrected chi connectivity index (χ4v) is 2.61. The third kappa shape index (κ3) is 3.81. The molecular weight excluding hydrogens is 320 g/mol. The second-order valence-electron chi connectivity index (χ2n) is 5.61. The van der Waals surface area contributed by atoms with E-state index in [2.05, 4.69) is 10.3 Å². The van der Waals surface area contributed by atoms with E-state index in [-0.39, 0.29) is 11.9 Å². The highest BCUT2D eigenvalue weighted by molar-refractivity contribution is 6.30. The lowest BCUT2D eigenvalue weighted by molar-refractivity contribution is 0.0943. The summed E-state index contributed by atoms with van der Waals surface area (Å²) in [4.78, 5) is 16.8. The zero-order chi connectivity index (χ0) is 16.9. The minimum Gasteiger partial charge on any atom is -0.341 e. The molecule has 1 N–H and O–H groups in total. The van der Waals surface area contributed by atoms with E-state index in [1.807, 2.05) is 67.6 Å². The van der Waals surface area contributed by atoms with Crippen molar-refractivity contribution in [2.24, 2.45) is 0 Å². The first-order chi connectivity index (χ1) is 11.6. The third-order valence-corrected chi connectivity index (χ3v) is 4.06. The molecule has 0 bridgehead atoms. The summed E-state index contributed by atoms with van der Waals surface area (Å²) in [5.74, 6) is -0.126. The van der Waals surface area contributed by atoms with Gasteiger partial charge in [0.2, 0.25) is 0 Å². The van der Waals surface area contributed by atoms with Gasteiger partial charge in [-0.1, -0.05) is 47.5 Å². The topological polar surface area (TPSA) is 42.0 Å². The summed E-state index contributed by atoms with van der Waals surface area (Å²) < 4.78 is 0. The number of aryl methyl sites for hydroxylation is 1. The van der Waals surface area contributed by atoms with E-state index < -0.39 is 0 Å². The highest BCUT2D eigenvalue weighted by Gasteiger charge is 2.18. The Bertz CT molecular complexity index is 815. The van der Waals surface area contributed by atoms with Gasteiger partial charge in [-0.15, -0.1) is 0 Å². The lowest BCUT2D eigenvalue weighted by atomic mass is 9.99. The molecule has 1 heterocycles. The highest BCUT2D eigenvalue weighted by atomic mass is 35.5. The van der Waals surface area contributed by atoms with Crippen LogP contribution in [0.15, 0.2) is 73.1 Å². The van der Waals surface area contributed by atoms with E-state index >= 15 is 0 Å². The van der Waals surface area contributed by atoms with Gasteiger partial charge >= 0.3 is 0 Å². The Morgan fingerprint density at radius 1 is 1.00 bits per heavy atom. The second-order valence-corrected chi connectivity index (χ2v) is 6.05. The monoisotopic (exact) mass is 336 g/mol. The number of pyridine rings is 1. The molecule has 0 aliphatic rings. The van der Waals surface area contributed by atoms with Gasteiger partial charge in [-0.05, 0) is 48.4 Å². The predicted molar refractivity (Wildman–Crippen MR) is 96.2 cm³/mol. The molecule has 1 amide bonds. The van der Waals surface area contributed by atoms with Crippen LogP contribution in [0.3, 0.4) is 0 Å². The Labute approximate surface area is 146 Å². The summed E-state index contributed by atoms with van der Waals surface area (Å²) in [6, 6.07) is 18.5. The number of amides is 1. The minimum atomic E-state index is -0.287. The van der Waals surface area contributed by atoms with Crippen molar-refractivity contribution in [3.8, 4) is 0 Å². The van der Waals surface area contributed by atoms with E-state index in [0.717, 1.165) is 16.7 Å². The zero-order valence-electron chi connectivity index (χ0n) is 13.2. The maximum absolute atomic E-state index is 12.6. The standard InChI is InChI=1S/C20H17ClN2O/c1-14-4-6-16(7-5-14)20(24)23-19(17-3-2-12-22-13-17)15-8-10-18(21)11-9-15/h2-13,19H,1H3,(H,23,24)/t19-/m1/s1. The van der Waals surface area contributed by atoms with Crippen molar-refractivity contribution < 1.29 is 4.79 Å². The Balaban J connectivity index is 1.91. The molecule has 1 aromatic heterocycles. The fourth-order valence-electron chi connectivity index (χ4n) is 2.48. The van der Waals surface area contributed by atoms with Crippen molar-refractivity contribution in [3.05, 3.63) is 100 Å². The summed E-state index contributed by atoms with van der Waals surface area (Å²) in [5.41, 5.74) is 3.62. The molecule has 0 unspecified atom stereocenters. The predicted octanol–water partition coefficient (Wildman–Crippen LogP) is 4.56. The van der Waals surface area contributed by atoms with Crippen molar-refractivity contribution in [1.82, 2.24) is 10.3 Å². The smallest absolute Gasteiger partial charge is 0.252 e. The number of hydrogen-bond acceptors (Lipinski definition) is 2. The van der Waals surface area contributed by atoms with Gasteiger partial charge in [0.05, 0.1) is 6.04 Å². The summed E-state index contributed by atoms with van der Waals surface area (Å²) in [6.07, 6.45) is 3.47. The molecule has 0 aliphatic carbocycles. The molecule has 4 heteroatoms. The first kappa shape index (κ1) is 16.2. The second kappa shape index (κ2) is 7.28. The molecule has 1 atom stereocenters. The average Bonchev–Trinajstić information content (AvgIpc) is 2.62. The lowest BCUT2D eigenvalue weighted by Crippen LogP contribution is -2.29. The lowest BCUT2D eigenvalue weighted by Gasteiger charge is -2.19. The fraction of sp³-hybridized carbons (Fsp3) is 0.100. The van der Waals surface area contributed by atoms with E-state index in [1.165, 1.54) is 0 Å². The van der Waals surface area contributed by atoms with Gasteiger partial charge < -0.3 is 5.32 Å². The number of carbonyl (C=O) groups excluding carboxylic acids is 1. The van der Waals surface area contributed by atoms with Crippen LogP contribution >= 0.6 is 11.6 Å². The summed E-state index contributed by atoms with van der Waals surface area (Å²) >= 11 is 5.98. The van der Waals surface area contributed by atoms with E-state index in [0.29, 0.717) is 10.6 Å². The van der Waals surface area contributed by atoms with Crippen molar-refractivity contribution in [3.63, 3.8) is 0 Å². The Kier molecular flexibility index (Phi) is 4.92. The van der Waals surface area contributed by atoms with Gasteiger partial charge in [0, 0.05) is 23.0 Å². The molecule has 0 radical (unpaired) electrons. The molecule has 0 saturated heterocycles. The minimum absolute atomic E-state index is 0.126. The first-order valence-corrected chi connectivity index (χ1v) is 8.04. The van der Waals surface area contributed by atoms with Crippen molar-refractivity contribution in [1.29, 1.82) is 0 Å². The van der Waals surface area contributed by atoms with E-state index in [9.17, 15) is 4.79 Å². The normalized spacial score (nSPS) is 11.8. The average molecular weight is 337 g/mol. The number of hydrogen-bond donors (Lipinski definition) is 1.